The summed E-state index contributed by atoms with van der Waals surface area (Å²) >= 11 is 3.62. The number of aliphatic carboxylic acids is 1. The first-order chi connectivity index (χ1) is 16.9. The number of carbonyl (C=O) groups is 3. The Morgan fingerprint density at radius 3 is 2.97 bits per heavy atom. The number of rotatable bonds is 9. The van der Waals surface area contributed by atoms with Gasteiger partial charge in [-0.15, -0.1) is 11.8 Å². The molecule has 4 heterocycles. The van der Waals surface area contributed by atoms with Crippen molar-refractivity contribution in [2.45, 2.75) is 23.2 Å². The lowest BCUT2D eigenvalue weighted by molar-refractivity contribution is -0.150. The van der Waals surface area contributed by atoms with Gasteiger partial charge in [0.05, 0.1) is 0 Å². The van der Waals surface area contributed by atoms with E-state index in [9.17, 15) is 19.5 Å². The van der Waals surface area contributed by atoms with Crippen LogP contribution in [0.25, 0.3) is 0 Å². The van der Waals surface area contributed by atoms with Crippen molar-refractivity contribution in [1.82, 2.24) is 24.6 Å². The normalized spacial score (nSPS) is 20.0. The van der Waals surface area contributed by atoms with Crippen LogP contribution in [0.3, 0.4) is 0 Å². The largest absolute Gasteiger partial charge is 0.477 e. The molecule has 2 aliphatic rings. The number of aromatic nitrogens is 3. The number of allylic oxidation sites excluding steroid dienone is 1. The SMILES string of the molecule is CCON=C(C(=O)NC1C(=O)N2C(C(=O)O)=C(C=CSc3cccnc3)CS[C@H]12)c1nsc(N)n1. The molecule has 0 spiro atoms. The molecule has 0 bridgehead atoms. The molecule has 0 aliphatic carbocycles. The van der Waals surface area contributed by atoms with Crippen LogP contribution in [-0.2, 0) is 19.2 Å². The fraction of sp³-hybridized carbons (Fsp3) is 0.250. The van der Waals surface area contributed by atoms with Crippen molar-refractivity contribution in [1.29, 1.82) is 0 Å². The summed E-state index contributed by atoms with van der Waals surface area (Å²) in [6.45, 7) is 1.89. The van der Waals surface area contributed by atoms with Crippen LogP contribution in [0.1, 0.15) is 12.7 Å². The van der Waals surface area contributed by atoms with Gasteiger partial charge in [-0.3, -0.25) is 19.5 Å². The molecule has 12 nitrogen and oxygen atoms in total. The van der Waals surface area contributed by atoms with Crippen LogP contribution in [0, 0.1) is 0 Å². The lowest BCUT2D eigenvalue weighted by atomic mass is 10.0. The van der Waals surface area contributed by atoms with E-state index < -0.39 is 29.2 Å². The molecule has 4 N–H and O–H groups in total. The van der Waals surface area contributed by atoms with Gasteiger partial charge < -0.3 is 21.0 Å². The molecule has 0 radical (unpaired) electrons. The summed E-state index contributed by atoms with van der Waals surface area (Å²) in [5.41, 5.74) is 5.76. The van der Waals surface area contributed by atoms with Gasteiger partial charge in [-0.25, -0.2) is 4.79 Å². The van der Waals surface area contributed by atoms with Gasteiger partial charge in [0.15, 0.2) is 5.13 Å². The van der Waals surface area contributed by atoms with Crippen molar-refractivity contribution in [3.63, 3.8) is 0 Å². The molecule has 1 unspecified atom stereocenters. The molecule has 2 aromatic heterocycles. The number of amides is 2. The summed E-state index contributed by atoms with van der Waals surface area (Å²) in [5, 5.41) is 17.5. The van der Waals surface area contributed by atoms with Gasteiger partial charge in [0.2, 0.25) is 11.5 Å². The lowest BCUT2D eigenvalue weighted by Crippen LogP contribution is -2.71. The number of thioether (sulfide) groups is 2. The minimum atomic E-state index is -1.22. The van der Waals surface area contributed by atoms with E-state index in [1.807, 2.05) is 6.07 Å². The maximum absolute atomic E-state index is 12.9. The van der Waals surface area contributed by atoms with E-state index in [4.69, 9.17) is 10.6 Å². The average Bonchev–Trinajstić information content (AvgIpc) is 3.28. The Morgan fingerprint density at radius 2 is 2.31 bits per heavy atom. The maximum Gasteiger partial charge on any atom is 0.352 e. The molecule has 2 aliphatic heterocycles. The smallest absolute Gasteiger partial charge is 0.352 e. The molecule has 182 valence electrons. The summed E-state index contributed by atoms with van der Waals surface area (Å²) in [7, 11) is 0. The van der Waals surface area contributed by atoms with Gasteiger partial charge in [-0.2, -0.15) is 9.36 Å². The third-order valence-electron chi connectivity index (χ3n) is 4.75. The Morgan fingerprint density at radius 1 is 1.49 bits per heavy atom. The molecular weight excluding hydrogens is 514 g/mol. The number of carbonyl (C=O) groups excluding carboxylic acids is 2. The quantitative estimate of drug-likeness (QED) is 0.183. The second-order valence-corrected chi connectivity index (χ2v) is 9.83. The number of hydrogen-bond donors (Lipinski definition) is 3. The lowest BCUT2D eigenvalue weighted by Gasteiger charge is -2.49. The second-order valence-electron chi connectivity index (χ2n) is 6.96. The zero-order valence-electron chi connectivity index (χ0n) is 18.2. The Labute approximate surface area is 211 Å². The molecule has 0 aromatic carbocycles. The van der Waals surface area contributed by atoms with Crippen LogP contribution in [0.15, 0.2) is 57.3 Å². The van der Waals surface area contributed by atoms with Gasteiger partial charge in [0, 0.05) is 34.6 Å². The number of β-lactam (4-membered cyclic amide) rings is 1. The highest BCUT2D eigenvalue weighted by Crippen LogP contribution is 2.41. The molecule has 15 heteroatoms. The van der Waals surface area contributed by atoms with Gasteiger partial charge >= 0.3 is 5.97 Å². The van der Waals surface area contributed by atoms with E-state index in [-0.39, 0.29) is 29.0 Å². The number of oxime groups is 1. The Balaban J connectivity index is 1.49. The van der Waals surface area contributed by atoms with Crippen LogP contribution in [-0.4, -0.2) is 71.6 Å². The van der Waals surface area contributed by atoms with Crippen LogP contribution >= 0.6 is 35.1 Å². The molecule has 1 fully saturated rings. The summed E-state index contributed by atoms with van der Waals surface area (Å²) < 4.78 is 3.97. The molecule has 0 saturated carbocycles. The number of nitrogens with one attached hydrogen (secondary N) is 1. The van der Waals surface area contributed by atoms with E-state index in [2.05, 4.69) is 24.8 Å². The molecular formula is C20H19N7O5S3. The van der Waals surface area contributed by atoms with Crippen molar-refractivity contribution in [2.75, 3.05) is 18.1 Å². The Bertz CT molecular complexity index is 1230. The van der Waals surface area contributed by atoms with Gasteiger partial charge in [-0.1, -0.05) is 16.9 Å². The minimum absolute atomic E-state index is 0.0250. The number of nitrogens with zero attached hydrogens (tertiary/aromatic N) is 5. The van der Waals surface area contributed by atoms with E-state index in [1.54, 1.807) is 36.9 Å². The summed E-state index contributed by atoms with van der Waals surface area (Å²) in [6.07, 6.45) is 5.03. The van der Waals surface area contributed by atoms with Crippen molar-refractivity contribution >= 4 is 63.7 Å². The van der Waals surface area contributed by atoms with Crippen molar-refractivity contribution < 1.29 is 24.3 Å². The predicted octanol–water partition coefficient (Wildman–Crippen LogP) is 1.30. The predicted molar refractivity (Wildman–Crippen MR) is 131 cm³/mol. The van der Waals surface area contributed by atoms with Gasteiger partial charge in [0.25, 0.3) is 11.8 Å². The van der Waals surface area contributed by atoms with Crippen LogP contribution < -0.4 is 11.1 Å². The number of nitrogen functional groups attached to an aromatic ring is 1. The maximum atomic E-state index is 12.9. The zero-order valence-corrected chi connectivity index (χ0v) is 20.6. The summed E-state index contributed by atoms with van der Waals surface area (Å²) in [4.78, 5) is 52.8. The minimum Gasteiger partial charge on any atom is -0.477 e. The zero-order chi connectivity index (χ0) is 24.9. The number of carboxylic acids is 1. The molecule has 2 aromatic rings. The molecule has 2 atom stereocenters. The molecule has 2 amide bonds. The van der Waals surface area contributed by atoms with Crippen molar-refractivity contribution in [3.8, 4) is 0 Å². The van der Waals surface area contributed by atoms with Crippen LogP contribution in [0.5, 0.6) is 0 Å². The Kier molecular flexibility index (Phi) is 7.67. The fourth-order valence-corrected chi connectivity index (χ4v) is 5.66. The van der Waals surface area contributed by atoms with E-state index in [0.29, 0.717) is 11.3 Å². The number of anilines is 1. The Hall–Kier alpha value is -3.43. The van der Waals surface area contributed by atoms with Crippen LogP contribution in [0.2, 0.25) is 0 Å². The monoisotopic (exact) mass is 533 g/mol. The van der Waals surface area contributed by atoms with E-state index in [0.717, 1.165) is 16.4 Å². The summed E-state index contributed by atoms with van der Waals surface area (Å²) in [6, 6.07) is 2.74. The molecule has 35 heavy (non-hydrogen) atoms. The highest BCUT2D eigenvalue weighted by atomic mass is 32.2. The van der Waals surface area contributed by atoms with Gasteiger partial charge in [-0.05, 0) is 36.1 Å². The first-order valence-electron chi connectivity index (χ1n) is 10.2. The molecule has 1 saturated heterocycles. The first kappa shape index (κ1) is 24.7. The van der Waals surface area contributed by atoms with Crippen LogP contribution in [0.4, 0.5) is 5.13 Å². The number of hydrogen-bond acceptors (Lipinski definition) is 12. The fourth-order valence-electron chi connectivity index (χ4n) is 3.24. The van der Waals surface area contributed by atoms with E-state index >= 15 is 0 Å². The highest BCUT2D eigenvalue weighted by Gasteiger charge is 2.54. The molecule has 4 rings (SSSR count). The summed E-state index contributed by atoms with van der Waals surface area (Å²) in [5.74, 6) is -2.17. The van der Waals surface area contributed by atoms with Gasteiger partial charge in [0.1, 0.15) is 23.7 Å². The van der Waals surface area contributed by atoms with Crippen molar-refractivity contribution in [2.24, 2.45) is 5.16 Å². The standard InChI is InChI=1S/C20H19N7O5S3/c1-2-32-25-12(15-24-20(21)35-26-15)16(28)23-13-17(29)27-14(19(30)31)10(9-34-18(13)27)5-7-33-11-4-3-6-22-8-11/h3-8,13,18H,2,9H2,1H3,(H,23,28)(H,30,31)(H2,21,24,26)/t13?,18-/m1/s1. The third-order valence-corrected chi connectivity index (χ3v) is 7.38. The number of carboxylic acid groups (broad SMARTS) is 1. The topological polar surface area (TPSA) is 173 Å². The van der Waals surface area contributed by atoms with E-state index in [1.165, 1.54) is 28.4 Å². The first-order valence-corrected chi connectivity index (χ1v) is 12.9. The number of nitrogens with two attached hydrogens (primary N) is 1. The third kappa shape index (κ3) is 5.31. The number of fused-ring (bicyclic) bond motifs is 1. The highest BCUT2D eigenvalue weighted by molar-refractivity contribution is 8.02. The average molecular weight is 534 g/mol. The number of pyridine rings is 1. The second kappa shape index (κ2) is 10.9. The van der Waals surface area contributed by atoms with Crippen molar-refractivity contribution in [3.05, 3.63) is 53.1 Å².